The van der Waals surface area contributed by atoms with Gasteiger partial charge in [0.1, 0.15) is 0 Å². The van der Waals surface area contributed by atoms with Gasteiger partial charge in [-0.3, -0.25) is 14.6 Å². The van der Waals surface area contributed by atoms with Gasteiger partial charge in [0.05, 0.1) is 13.2 Å². The number of hydrogen-bond donors (Lipinski definition) is 1. The number of β-amino-alcohol motifs (C(OH)–C–C–N with tert-alkyl or cyclic N) is 1. The molecule has 0 spiro atoms. The Morgan fingerprint density at radius 1 is 1.14 bits per heavy atom. The third-order valence-electron chi connectivity index (χ3n) is 3.88. The van der Waals surface area contributed by atoms with E-state index in [1.165, 1.54) is 4.90 Å². The van der Waals surface area contributed by atoms with Crippen LogP contribution >= 0.6 is 11.8 Å². The molecule has 0 bridgehead atoms. The molecule has 0 radical (unpaired) electrons. The maximum atomic E-state index is 12.3. The zero-order valence-electron chi connectivity index (χ0n) is 12.6. The largest absolute Gasteiger partial charge is 0.395 e. The van der Waals surface area contributed by atoms with E-state index in [-0.39, 0.29) is 12.4 Å². The van der Waals surface area contributed by atoms with E-state index in [2.05, 4.69) is 9.80 Å². The molecule has 4 nitrogen and oxygen atoms in total. The summed E-state index contributed by atoms with van der Waals surface area (Å²) in [6.45, 7) is 5.22. The van der Waals surface area contributed by atoms with Crippen molar-refractivity contribution in [2.24, 2.45) is 0 Å². The third kappa shape index (κ3) is 5.11. The number of thioether (sulfide) groups is 1. The highest BCUT2D eigenvalue weighted by Crippen LogP contribution is 2.15. The minimum Gasteiger partial charge on any atom is -0.395 e. The van der Waals surface area contributed by atoms with Gasteiger partial charge in [0.2, 0.25) is 0 Å². The second-order valence-corrected chi connectivity index (χ2v) is 6.23. The Hall–Kier alpha value is -0.880. The minimum atomic E-state index is 0.193. The number of rotatable bonds is 6. The predicted octanol–water partition coefficient (Wildman–Crippen LogP) is 1.59. The smallest absolute Gasteiger partial charge is 0.176 e. The maximum absolute atomic E-state index is 12.3. The van der Waals surface area contributed by atoms with E-state index in [1.54, 1.807) is 11.8 Å². The number of hydrogen-bond acceptors (Lipinski definition) is 5. The molecule has 2 rings (SSSR count). The normalized spacial score (nSPS) is 17.6. The Balaban J connectivity index is 1.86. The molecule has 1 fully saturated rings. The van der Waals surface area contributed by atoms with Crippen molar-refractivity contribution in [1.82, 2.24) is 9.80 Å². The molecule has 0 atom stereocenters. The molecule has 0 amide bonds. The number of carbonyl (C=O) groups excluding carboxylic acids is 1. The molecule has 1 heterocycles. The van der Waals surface area contributed by atoms with E-state index in [4.69, 9.17) is 5.11 Å². The first kappa shape index (κ1) is 16.5. The Labute approximate surface area is 131 Å². The Morgan fingerprint density at radius 2 is 1.81 bits per heavy atom. The molecule has 1 aliphatic rings. The standard InChI is InChI=1S/C16H24N2O2S/c1-21-15-5-3-14(4-6-15)16(20)13-18-8-2-7-17(9-10-18)11-12-19/h3-6,19H,2,7-13H2,1H3. The molecule has 0 saturated carbocycles. The summed E-state index contributed by atoms with van der Waals surface area (Å²) in [6.07, 6.45) is 3.09. The summed E-state index contributed by atoms with van der Waals surface area (Å²) in [6, 6.07) is 7.85. The second kappa shape index (κ2) is 8.54. The molecule has 1 saturated heterocycles. The van der Waals surface area contributed by atoms with Crippen molar-refractivity contribution in [1.29, 1.82) is 0 Å². The van der Waals surface area contributed by atoms with Crippen molar-refractivity contribution in [2.75, 3.05) is 52.1 Å². The monoisotopic (exact) mass is 308 g/mol. The molecule has 1 aromatic rings. The summed E-state index contributed by atoms with van der Waals surface area (Å²) >= 11 is 1.68. The first-order chi connectivity index (χ1) is 10.2. The summed E-state index contributed by atoms with van der Waals surface area (Å²) in [5.74, 6) is 0.193. The summed E-state index contributed by atoms with van der Waals surface area (Å²) in [5.41, 5.74) is 0.796. The van der Waals surface area contributed by atoms with E-state index < -0.39 is 0 Å². The SMILES string of the molecule is CSc1ccc(C(=O)CN2CCCN(CCO)CC2)cc1. The molecule has 21 heavy (non-hydrogen) atoms. The fraction of sp³-hybridized carbons (Fsp3) is 0.562. The van der Waals surface area contributed by atoms with Gasteiger partial charge < -0.3 is 5.11 Å². The zero-order valence-corrected chi connectivity index (χ0v) is 13.4. The van der Waals surface area contributed by atoms with Gasteiger partial charge in [-0.05, 0) is 37.9 Å². The highest BCUT2D eigenvalue weighted by Gasteiger charge is 2.17. The van der Waals surface area contributed by atoms with Gasteiger partial charge in [0.15, 0.2) is 5.78 Å². The predicted molar refractivity (Wildman–Crippen MR) is 87.1 cm³/mol. The molecule has 1 N–H and O–H groups in total. The molecule has 1 aromatic carbocycles. The molecular weight excluding hydrogens is 284 g/mol. The highest BCUT2D eigenvalue weighted by atomic mass is 32.2. The highest BCUT2D eigenvalue weighted by molar-refractivity contribution is 7.98. The maximum Gasteiger partial charge on any atom is 0.176 e. The topological polar surface area (TPSA) is 43.8 Å². The third-order valence-corrected chi connectivity index (χ3v) is 4.62. The minimum absolute atomic E-state index is 0.193. The van der Waals surface area contributed by atoms with Crippen LogP contribution in [0.5, 0.6) is 0 Å². The molecule has 1 aliphatic heterocycles. The molecule has 0 aliphatic carbocycles. The van der Waals surface area contributed by atoms with Crippen LogP contribution in [-0.4, -0.2) is 72.8 Å². The molecule has 0 unspecified atom stereocenters. The molecular formula is C16H24N2O2S. The van der Waals surface area contributed by atoms with Crippen LogP contribution in [0.2, 0.25) is 0 Å². The van der Waals surface area contributed by atoms with Gasteiger partial charge >= 0.3 is 0 Å². The van der Waals surface area contributed by atoms with Gasteiger partial charge in [0.25, 0.3) is 0 Å². The van der Waals surface area contributed by atoms with E-state index in [9.17, 15) is 4.79 Å². The van der Waals surface area contributed by atoms with E-state index >= 15 is 0 Å². The lowest BCUT2D eigenvalue weighted by atomic mass is 10.1. The number of ketones is 1. The van der Waals surface area contributed by atoms with E-state index in [0.717, 1.165) is 44.7 Å². The quantitative estimate of drug-likeness (QED) is 0.639. The number of aliphatic hydroxyl groups excluding tert-OH is 1. The molecule has 5 heteroatoms. The Kier molecular flexibility index (Phi) is 6.70. The number of aliphatic hydroxyl groups is 1. The lowest BCUT2D eigenvalue weighted by molar-refractivity contribution is 0.0932. The van der Waals surface area contributed by atoms with Gasteiger partial charge in [-0.15, -0.1) is 11.8 Å². The fourth-order valence-corrected chi connectivity index (χ4v) is 3.03. The van der Waals surface area contributed by atoms with Crippen molar-refractivity contribution < 1.29 is 9.90 Å². The van der Waals surface area contributed by atoms with Gasteiger partial charge in [-0.1, -0.05) is 12.1 Å². The molecule has 116 valence electrons. The van der Waals surface area contributed by atoms with E-state index in [0.29, 0.717) is 6.54 Å². The van der Waals surface area contributed by atoms with Gasteiger partial charge in [-0.2, -0.15) is 0 Å². The summed E-state index contributed by atoms with van der Waals surface area (Å²) in [4.78, 5) is 18.0. The van der Waals surface area contributed by atoms with Crippen LogP contribution in [0.25, 0.3) is 0 Å². The average Bonchev–Trinajstić information content (AvgIpc) is 2.73. The van der Waals surface area contributed by atoms with Crippen molar-refractivity contribution in [3.63, 3.8) is 0 Å². The van der Waals surface area contributed by atoms with Crippen molar-refractivity contribution >= 4 is 17.5 Å². The van der Waals surface area contributed by atoms with Crippen LogP contribution in [0.1, 0.15) is 16.8 Å². The Bertz CT molecular complexity index is 450. The van der Waals surface area contributed by atoms with Crippen LogP contribution in [0, 0.1) is 0 Å². The van der Waals surface area contributed by atoms with Crippen LogP contribution in [-0.2, 0) is 0 Å². The van der Waals surface area contributed by atoms with Crippen molar-refractivity contribution in [3.8, 4) is 0 Å². The summed E-state index contributed by atoms with van der Waals surface area (Å²) < 4.78 is 0. The van der Waals surface area contributed by atoms with Crippen LogP contribution < -0.4 is 0 Å². The molecule has 0 aromatic heterocycles. The van der Waals surface area contributed by atoms with Gasteiger partial charge in [0, 0.05) is 30.1 Å². The van der Waals surface area contributed by atoms with Crippen molar-refractivity contribution in [2.45, 2.75) is 11.3 Å². The number of Topliss-reactive ketones (excluding diaryl/α,β-unsaturated/α-hetero) is 1. The Morgan fingerprint density at radius 3 is 2.48 bits per heavy atom. The van der Waals surface area contributed by atoms with Crippen molar-refractivity contribution in [3.05, 3.63) is 29.8 Å². The van der Waals surface area contributed by atoms with Crippen LogP contribution in [0.15, 0.2) is 29.2 Å². The van der Waals surface area contributed by atoms with Crippen LogP contribution in [0.3, 0.4) is 0 Å². The lowest BCUT2D eigenvalue weighted by Gasteiger charge is -2.20. The van der Waals surface area contributed by atoms with Gasteiger partial charge in [-0.25, -0.2) is 0 Å². The number of benzene rings is 1. The average molecular weight is 308 g/mol. The first-order valence-corrected chi connectivity index (χ1v) is 8.68. The number of nitrogens with zero attached hydrogens (tertiary/aromatic N) is 2. The summed E-state index contributed by atoms with van der Waals surface area (Å²) in [7, 11) is 0. The van der Waals surface area contributed by atoms with Crippen LogP contribution in [0.4, 0.5) is 0 Å². The number of carbonyl (C=O) groups is 1. The summed E-state index contributed by atoms with van der Waals surface area (Å²) in [5, 5.41) is 9.00. The van der Waals surface area contributed by atoms with E-state index in [1.807, 2.05) is 30.5 Å². The second-order valence-electron chi connectivity index (χ2n) is 5.35. The first-order valence-electron chi connectivity index (χ1n) is 7.46. The zero-order chi connectivity index (χ0) is 15.1. The fourth-order valence-electron chi connectivity index (χ4n) is 2.62. The lowest BCUT2D eigenvalue weighted by Crippen LogP contribution is -2.35.